The minimum atomic E-state index is -0.0910. The first-order valence-corrected chi connectivity index (χ1v) is 14.6. The zero-order valence-electron chi connectivity index (χ0n) is 23.8. The highest BCUT2D eigenvalue weighted by Crippen LogP contribution is 2.46. The van der Waals surface area contributed by atoms with Crippen molar-refractivity contribution in [3.63, 3.8) is 0 Å². The van der Waals surface area contributed by atoms with Crippen LogP contribution in [0.15, 0.2) is 91.5 Å². The zero-order valence-corrected chi connectivity index (χ0v) is 25.3. The number of allylic oxidation sites excluding steroid dienone is 1. The fourth-order valence-electron chi connectivity index (χ4n) is 5.05. The molecule has 0 bridgehead atoms. The number of hydrogen-bond donors (Lipinski definition) is 2. The van der Waals surface area contributed by atoms with Crippen LogP contribution in [0.3, 0.4) is 0 Å². The number of methoxy groups -OCH3 is 1. The van der Waals surface area contributed by atoms with Crippen molar-refractivity contribution in [2.75, 3.05) is 29.8 Å². The number of alkyl halides is 1. The van der Waals surface area contributed by atoms with Gasteiger partial charge in [-0.1, -0.05) is 55.8 Å². The molecule has 1 aliphatic rings. The predicted molar refractivity (Wildman–Crippen MR) is 176 cm³/mol. The van der Waals surface area contributed by atoms with Gasteiger partial charge in [-0.2, -0.15) is 0 Å². The van der Waals surface area contributed by atoms with Gasteiger partial charge in [0.05, 0.1) is 12.8 Å². The van der Waals surface area contributed by atoms with Crippen molar-refractivity contribution in [1.29, 1.82) is 0 Å². The fourth-order valence-corrected chi connectivity index (χ4v) is 5.43. The number of amides is 1. The Kier molecular flexibility index (Phi) is 9.98. The highest BCUT2D eigenvalue weighted by molar-refractivity contribution is 6.30. The van der Waals surface area contributed by atoms with Crippen LogP contribution in [-0.4, -0.2) is 30.4 Å². The van der Waals surface area contributed by atoms with Crippen LogP contribution in [0.2, 0.25) is 5.02 Å². The van der Waals surface area contributed by atoms with E-state index in [9.17, 15) is 4.79 Å². The Balaban J connectivity index is 0.000000728. The number of H-pyrrole nitrogens is 1. The van der Waals surface area contributed by atoms with Crippen LogP contribution in [0.1, 0.15) is 42.7 Å². The number of benzene rings is 4. The molecule has 1 amide bonds. The second-order valence-electron chi connectivity index (χ2n) is 9.35. The molecule has 4 aromatic carbocycles. The van der Waals surface area contributed by atoms with Crippen LogP contribution in [-0.2, 0) is 0 Å². The molecule has 1 aliphatic heterocycles. The van der Waals surface area contributed by atoms with E-state index >= 15 is 0 Å². The molecule has 1 unspecified atom stereocenters. The van der Waals surface area contributed by atoms with Crippen LogP contribution in [0.25, 0.3) is 21.7 Å². The Morgan fingerprint density at radius 3 is 2.41 bits per heavy atom. The molecule has 0 saturated heterocycles. The molecule has 5 nitrogen and oxygen atoms in total. The molecule has 7 heteroatoms. The van der Waals surface area contributed by atoms with Crippen molar-refractivity contribution < 1.29 is 9.53 Å². The Bertz CT molecular complexity index is 1660. The third kappa shape index (κ3) is 6.22. The van der Waals surface area contributed by atoms with E-state index in [4.69, 9.17) is 27.9 Å². The molecule has 5 aromatic rings. The second kappa shape index (κ2) is 13.6. The molecule has 0 spiro atoms. The van der Waals surface area contributed by atoms with Gasteiger partial charge in [0.25, 0.3) is 5.91 Å². The molecule has 0 saturated carbocycles. The molecular formula is C34H35Cl2N3O2. The van der Waals surface area contributed by atoms with Gasteiger partial charge in [0.2, 0.25) is 0 Å². The van der Waals surface area contributed by atoms with E-state index in [1.54, 1.807) is 13.2 Å². The number of nitrogens with one attached hydrogen (secondary N) is 2. The number of fused-ring (bicyclic) bond motifs is 4. The maximum Gasteiger partial charge on any atom is 0.274 e. The molecule has 1 aromatic heterocycles. The van der Waals surface area contributed by atoms with Crippen LogP contribution < -0.4 is 15.0 Å². The van der Waals surface area contributed by atoms with Crippen LogP contribution in [0, 0.1) is 0 Å². The lowest BCUT2D eigenvalue weighted by atomic mass is 9.95. The summed E-state index contributed by atoms with van der Waals surface area (Å²) in [4.78, 5) is 18.9. The van der Waals surface area contributed by atoms with Crippen LogP contribution >= 0.6 is 23.2 Å². The minimum absolute atomic E-state index is 0.0320. The molecule has 0 aliphatic carbocycles. The standard InChI is InChI=1S/C29H23Cl2N3O2.C3H6.C2H6/c1-36-21-10-11-24-17(12-21)13-26(33-24)29(35)34-16-18(15-30)28-23-5-3-2-4-22(23)25(14-27(28)34)32-20-8-6-19(31)7-9-20;1-3-2;1-2/h2-14,18,32-33H,15-16H2,1H3;3H,1H2,2H3;1-2H3. The molecule has 1 atom stereocenters. The lowest BCUT2D eigenvalue weighted by Gasteiger charge is -2.19. The maximum atomic E-state index is 13.8. The Hall–Kier alpha value is -3.93. The van der Waals surface area contributed by atoms with Crippen LogP contribution in [0.5, 0.6) is 5.75 Å². The summed E-state index contributed by atoms with van der Waals surface area (Å²) < 4.78 is 5.34. The number of ether oxygens (including phenoxy) is 1. The number of aromatic nitrogens is 1. The van der Waals surface area contributed by atoms with Crippen molar-refractivity contribution >= 4 is 67.8 Å². The largest absolute Gasteiger partial charge is 0.497 e. The number of nitrogens with zero attached hydrogens (tertiary/aromatic N) is 1. The van der Waals surface area contributed by atoms with E-state index in [0.717, 1.165) is 50.1 Å². The van der Waals surface area contributed by atoms with Gasteiger partial charge in [-0.3, -0.25) is 4.79 Å². The van der Waals surface area contributed by atoms with Gasteiger partial charge >= 0.3 is 0 Å². The summed E-state index contributed by atoms with van der Waals surface area (Å²) in [6.07, 6.45) is 1.75. The average Bonchev–Trinajstić information content (AvgIpc) is 3.61. The minimum Gasteiger partial charge on any atom is -0.497 e. The summed E-state index contributed by atoms with van der Waals surface area (Å²) >= 11 is 12.5. The maximum absolute atomic E-state index is 13.8. The first-order valence-electron chi connectivity index (χ1n) is 13.7. The lowest BCUT2D eigenvalue weighted by Crippen LogP contribution is -2.30. The molecule has 2 heterocycles. The second-order valence-corrected chi connectivity index (χ2v) is 10.1. The van der Waals surface area contributed by atoms with Gasteiger partial charge in [0, 0.05) is 51.0 Å². The first-order chi connectivity index (χ1) is 20.0. The van der Waals surface area contributed by atoms with Gasteiger partial charge in [-0.05, 0) is 72.5 Å². The van der Waals surface area contributed by atoms with E-state index in [1.165, 1.54) is 0 Å². The Labute approximate surface area is 251 Å². The summed E-state index contributed by atoms with van der Waals surface area (Å²) in [7, 11) is 1.63. The number of aromatic amines is 1. The first kappa shape index (κ1) is 30.0. The molecule has 0 radical (unpaired) electrons. The summed E-state index contributed by atoms with van der Waals surface area (Å²) in [5, 5.41) is 7.29. The van der Waals surface area contributed by atoms with Crippen molar-refractivity contribution in [2.45, 2.75) is 26.7 Å². The van der Waals surface area contributed by atoms with Gasteiger partial charge < -0.3 is 19.9 Å². The number of halogens is 2. The number of carbonyl (C=O) groups excluding carboxylic acids is 1. The van der Waals surface area contributed by atoms with Crippen molar-refractivity contribution in [2.24, 2.45) is 0 Å². The fraction of sp³-hybridized carbons (Fsp3) is 0.206. The van der Waals surface area contributed by atoms with Crippen LogP contribution in [0.4, 0.5) is 17.1 Å². The zero-order chi connectivity index (χ0) is 29.5. The summed E-state index contributed by atoms with van der Waals surface area (Å²) in [6, 6.07) is 25.5. The number of hydrogen-bond acceptors (Lipinski definition) is 3. The quantitative estimate of drug-likeness (QED) is 0.159. The monoisotopic (exact) mass is 587 g/mol. The normalized spacial score (nSPS) is 13.5. The molecule has 6 rings (SSSR count). The van der Waals surface area contributed by atoms with Gasteiger partial charge in [0.15, 0.2) is 0 Å². The number of carbonyl (C=O) groups is 1. The van der Waals surface area contributed by atoms with Crippen molar-refractivity contribution in [1.82, 2.24) is 4.98 Å². The Morgan fingerprint density at radius 1 is 1.07 bits per heavy atom. The summed E-state index contributed by atoms with van der Waals surface area (Å²) in [5.41, 5.74) is 5.22. The van der Waals surface area contributed by atoms with Gasteiger partial charge in [-0.15, -0.1) is 18.2 Å². The number of anilines is 3. The highest BCUT2D eigenvalue weighted by Gasteiger charge is 2.35. The van der Waals surface area contributed by atoms with Crippen molar-refractivity contribution in [3.8, 4) is 5.75 Å². The third-order valence-corrected chi connectivity index (χ3v) is 7.40. The molecule has 41 heavy (non-hydrogen) atoms. The number of rotatable bonds is 5. The topological polar surface area (TPSA) is 57.4 Å². The predicted octanol–water partition coefficient (Wildman–Crippen LogP) is 9.93. The van der Waals surface area contributed by atoms with E-state index in [-0.39, 0.29) is 11.8 Å². The van der Waals surface area contributed by atoms with Gasteiger partial charge in [-0.25, -0.2) is 0 Å². The van der Waals surface area contributed by atoms with E-state index < -0.39 is 0 Å². The van der Waals surface area contributed by atoms with E-state index in [1.807, 2.05) is 86.3 Å². The average molecular weight is 589 g/mol. The molecule has 2 N–H and O–H groups in total. The molecular weight excluding hydrogens is 553 g/mol. The Morgan fingerprint density at radius 2 is 1.76 bits per heavy atom. The highest BCUT2D eigenvalue weighted by atomic mass is 35.5. The van der Waals surface area contributed by atoms with Gasteiger partial charge in [0.1, 0.15) is 11.4 Å². The summed E-state index contributed by atoms with van der Waals surface area (Å²) in [6.45, 7) is 9.77. The van der Waals surface area contributed by atoms with E-state index in [0.29, 0.717) is 23.1 Å². The van der Waals surface area contributed by atoms with Crippen molar-refractivity contribution in [3.05, 3.63) is 108 Å². The molecule has 212 valence electrons. The SMILES string of the molecule is C=CC.CC.COc1ccc2[nH]c(C(=O)N3CC(CCl)c4c3cc(Nc3ccc(Cl)cc3)c3ccccc43)cc2c1. The van der Waals surface area contributed by atoms with E-state index in [2.05, 4.69) is 35.1 Å². The smallest absolute Gasteiger partial charge is 0.274 e. The summed E-state index contributed by atoms with van der Waals surface area (Å²) in [5.74, 6) is 1.11. The third-order valence-electron chi connectivity index (χ3n) is 6.78. The lowest BCUT2D eigenvalue weighted by molar-refractivity contribution is 0.0984. The molecule has 0 fully saturated rings.